The summed E-state index contributed by atoms with van der Waals surface area (Å²) < 4.78 is 5.29. The van der Waals surface area contributed by atoms with Crippen LogP contribution in [0.1, 0.15) is 96.7 Å². The number of benzene rings is 1. The Morgan fingerprint density at radius 3 is 2.22 bits per heavy atom. The van der Waals surface area contributed by atoms with Gasteiger partial charge in [-0.3, -0.25) is 9.59 Å². The van der Waals surface area contributed by atoms with Crippen LogP contribution in [0.3, 0.4) is 0 Å². The first-order chi connectivity index (χ1) is 17.1. The standard InChI is InChI=1S/C28H47N3O5/c1-7-9-11-12-15-19-31(26(34)23(20-32)30-27(35)36-28(4,5)6)24(25(33)29-18-10-8-2)22-17-14-13-16-21(22)3/h13-14,16-17,23-24,32H,7-12,15,18-20H2,1-6H3,(H,29,33)(H,30,35). The monoisotopic (exact) mass is 505 g/mol. The van der Waals surface area contributed by atoms with Gasteiger partial charge in [0.25, 0.3) is 0 Å². The lowest BCUT2D eigenvalue weighted by Crippen LogP contribution is -2.54. The van der Waals surface area contributed by atoms with Gasteiger partial charge >= 0.3 is 6.09 Å². The molecule has 0 saturated carbocycles. The highest BCUT2D eigenvalue weighted by molar-refractivity contribution is 5.92. The van der Waals surface area contributed by atoms with Crippen LogP contribution in [0.2, 0.25) is 0 Å². The Morgan fingerprint density at radius 2 is 1.64 bits per heavy atom. The smallest absolute Gasteiger partial charge is 0.408 e. The molecule has 1 aromatic rings. The number of carbonyl (C=O) groups excluding carboxylic acids is 3. The van der Waals surface area contributed by atoms with E-state index in [9.17, 15) is 19.5 Å². The fourth-order valence-electron chi connectivity index (χ4n) is 3.92. The van der Waals surface area contributed by atoms with Crippen LogP contribution in [-0.2, 0) is 14.3 Å². The number of nitrogens with one attached hydrogen (secondary N) is 2. The third-order valence-corrected chi connectivity index (χ3v) is 5.83. The molecule has 0 aromatic heterocycles. The van der Waals surface area contributed by atoms with Crippen molar-refractivity contribution in [3.05, 3.63) is 35.4 Å². The molecule has 0 saturated heterocycles. The number of carbonyl (C=O) groups is 3. The van der Waals surface area contributed by atoms with Crippen LogP contribution in [0.15, 0.2) is 24.3 Å². The Labute approximate surface area is 217 Å². The quantitative estimate of drug-likeness (QED) is 0.301. The number of amides is 3. The predicted molar refractivity (Wildman–Crippen MR) is 143 cm³/mol. The average Bonchev–Trinajstić information content (AvgIpc) is 2.81. The molecule has 0 aliphatic heterocycles. The number of nitrogens with zero attached hydrogens (tertiary/aromatic N) is 1. The number of ether oxygens (including phenoxy) is 1. The van der Waals surface area contributed by atoms with E-state index < -0.39 is 36.3 Å². The van der Waals surface area contributed by atoms with Crippen molar-refractivity contribution in [1.82, 2.24) is 15.5 Å². The van der Waals surface area contributed by atoms with Gasteiger partial charge in [-0.1, -0.05) is 70.2 Å². The third kappa shape index (κ3) is 11.0. The number of aliphatic hydroxyl groups is 1. The van der Waals surface area contributed by atoms with Crippen molar-refractivity contribution in [2.75, 3.05) is 19.7 Å². The highest BCUT2D eigenvalue weighted by Crippen LogP contribution is 2.26. The van der Waals surface area contributed by atoms with Gasteiger partial charge in [-0.2, -0.15) is 0 Å². The van der Waals surface area contributed by atoms with Gasteiger partial charge < -0.3 is 25.4 Å². The molecule has 0 fully saturated rings. The topological polar surface area (TPSA) is 108 Å². The highest BCUT2D eigenvalue weighted by atomic mass is 16.6. The lowest BCUT2D eigenvalue weighted by Gasteiger charge is -2.34. The SMILES string of the molecule is CCCCCCCN(C(=O)C(CO)NC(=O)OC(C)(C)C)C(C(=O)NCCCC)c1ccccc1C. The van der Waals surface area contributed by atoms with Gasteiger partial charge in [0.1, 0.15) is 17.7 Å². The zero-order valence-corrected chi connectivity index (χ0v) is 23.1. The van der Waals surface area contributed by atoms with Crippen LogP contribution in [0.4, 0.5) is 4.79 Å². The molecule has 0 radical (unpaired) electrons. The second-order valence-electron chi connectivity index (χ2n) is 10.2. The van der Waals surface area contributed by atoms with E-state index in [4.69, 9.17) is 4.74 Å². The minimum Gasteiger partial charge on any atom is -0.444 e. The summed E-state index contributed by atoms with van der Waals surface area (Å²) in [5, 5.41) is 15.5. The first-order valence-electron chi connectivity index (χ1n) is 13.3. The third-order valence-electron chi connectivity index (χ3n) is 5.83. The summed E-state index contributed by atoms with van der Waals surface area (Å²) in [7, 11) is 0. The van der Waals surface area contributed by atoms with E-state index in [1.54, 1.807) is 20.8 Å². The Kier molecular flexibility index (Phi) is 14.1. The summed E-state index contributed by atoms with van der Waals surface area (Å²) >= 11 is 0. The Balaban J connectivity index is 3.32. The summed E-state index contributed by atoms with van der Waals surface area (Å²) in [6.45, 7) is 11.5. The Hall–Kier alpha value is -2.61. The summed E-state index contributed by atoms with van der Waals surface area (Å²) in [6.07, 6.45) is 5.83. The molecule has 0 heterocycles. The minimum atomic E-state index is -1.23. The predicted octanol–water partition coefficient (Wildman–Crippen LogP) is 4.64. The van der Waals surface area contributed by atoms with E-state index in [1.165, 1.54) is 4.90 Å². The largest absolute Gasteiger partial charge is 0.444 e. The number of aliphatic hydroxyl groups excluding tert-OH is 1. The zero-order chi connectivity index (χ0) is 27.1. The maximum Gasteiger partial charge on any atom is 0.408 e. The molecule has 1 rings (SSSR count). The van der Waals surface area contributed by atoms with Gasteiger partial charge in [-0.25, -0.2) is 4.79 Å². The molecule has 0 aliphatic rings. The second kappa shape index (κ2) is 16.2. The second-order valence-corrected chi connectivity index (χ2v) is 10.2. The molecule has 3 amide bonds. The number of hydrogen-bond acceptors (Lipinski definition) is 5. The van der Waals surface area contributed by atoms with Crippen LogP contribution in [0, 0.1) is 6.92 Å². The molecular weight excluding hydrogens is 458 g/mol. The van der Waals surface area contributed by atoms with Gasteiger partial charge in [-0.05, 0) is 51.7 Å². The van der Waals surface area contributed by atoms with Crippen LogP contribution in [0.5, 0.6) is 0 Å². The van der Waals surface area contributed by atoms with Gasteiger partial charge in [-0.15, -0.1) is 0 Å². The number of aryl methyl sites for hydroxylation is 1. The highest BCUT2D eigenvalue weighted by Gasteiger charge is 2.36. The average molecular weight is 506 g/mol. The molecular formula is C28H47N3O5. The van der Waals surface area contributed by atoms with E-state index in [-0.39, 0.29) is 5.91 Å². The molecule has 0 spiro atoms. The van der Waals surface area contributed by atoms with E-state index in [0.717, 1.165) is 49.7 Å². The van der Waals surface area contributed by atoms with E-state index in [0.29, 0.717) is 19.5 Å². The van der Waals surface area contributed by atoms with Crippen LogP contribution >= 0.6 is 0 Å². The maximum atomic E-state index is 13.8. The molecule has 0 bridgehead atoms. The van der Waals surface area contributed by atoms with Crippen molar-refractivity contribution < 1.29 is 24.2 Å². The molecule has 204 valence electrons. The molecule has 1 aromatic carbocycles. The van der Waals surface area contributed by atoms with Crippen molar-refractivity contribution in [1.29, 1.82) is 0 Å². The lowest BCUT2D eigenvalue weighted by molar-refractivity contribution is -0.143. The first kappa shape index (κ1) is 31.4. The fourth-order valence-corrected chi connectivity index (χ4v) is 3.92. The summed E-state index contributed by atoms with van der Waals surface area (Å²) in [4.78, 5) is 41.2. The van der Waals surface area contributed by atoms with Gasteiger partial charge in [0.05, 0.1) is 6.61 Å². The Bertz CT molecular complexity index is 822. The van der Waals surface area contributed by atoms with E-state index in [1.807, 2.05) is 38.1 Å². The zero-order valence-electron chi connectivity index (χ0n) is 23.1. The van der Waals surface area contributed by atoms with Crippen molar-refractivity contribution in [2.24, 2.45) is 0 Å². The van der Waals surface area contributed by atoms with E-state index in [2.05, 4.69) is 17.6 Å². The maximum absolute atomic E-state index is 13.8. The van der Waals surface area contributed by atoms with Crippen LogP contribution in [-0.4, -0.2) is 59.3 Å². The molecule has 2 unspecified atom stereocenters. The van der Waals surface area contributed by atoms with Crippen LogP contribution < -0.4 is 10.6 Å². The number of unbranched alkanes of at least 4 members (excludes halogenated alkanes) is 5. The fraction of sp³-hybridized carbons (Fsp3) is 0.679. The number of rotatable bonds is 15. The number of alkyl carbamates (subject to hydrolysis) is 1. The van der Waals surface area contributed by atoms with Crippen molar-refractivity contribution in [3.8, 4) is 0 Å². The summed E-state index contributed by atoms with van der Waals surface area (Å²) in [6, 6.07) is 5.39. The molecule has 0 aliphatic carbocycles. The Morgan fingerprint density at radius 1 is 1.00 bits per heavy atom. The lowest BCUT2D eigenvalue weighted by atomic mass is 9.97. The molecule has 8 heteroatoms. The van der Waals surface area contributed by atoms with Crippen molar-refractivity contribution >= 4 is 17.9 Å². The van der Waals surface area contributed by atoms with E-state index >= 15 is 0 Å². The van der Waals surface area contributed by atoms with Gasteiger partial charge in [0, 0.05) is 13.1 Å². The summed E-state index contributed by atoms with van der Waals surface area (Å²) in [5.74, 6) is -0.786. The van der Waals surface area contributed by atoms with Crippen molar-refractivity contribution in [3.63, 3.8) is 0 Å². The molecule has 8 nitrogen and oxygen atoms in total. The normalized spacial score (nSPS) is 13.0. The minimum absolute atomic E-state index is 0.270. The molecule has 3 N–H and O–H groups in total. The van der Waals surface area contributed by atoms with Gasteiger partial charge in [0.15, 0.2) is 0 Å². The van der Waals surface area contributed by atoms with Gasteiger partial charge in [0.2, 0.25) is 11.8 Å². The number of hydrogen-bond donors (Lipinski definition) is 3. The van der Waals surface area contributed by atoms with Crippen LogP contribution in [0.25, 0.3) is 0 Å². The first-order valence-corrected chi connectivity index (χ1v) is 13.3. The molecule has 36 heavy (non-hydrogen) atoms. The summed E-state index contributed by atoms with van der Waals surface area (Å²) in [5.41, 5.74) is 0.856. The molecule has 2 atom stereocenters. The van der Waals surface area contributed by atoms with Crippen molar-refractivity contribution in [2.45, 2.75) is 104 Å².